The van der Waals surface area contributed by atoms with E-state index in [0.29, 0.717) is 5.88 Å². The van der Waals surface area contributed by atoms with Crippen LogP contribution in [0.25, 0.3) is 6.08 Å². The van der Waals surface area contributed by atoms with Crippen LogP contribution in [-0.4, -0.2) is 15.8 Å². The first-order valence-electron chi connectivity index (χ1n) is 3.41. The van der Waals surface area contributed by atoms with Gasteiger partial charge in [0, 0.05) is 23.8 Å². The van der Waals surface area contributed by atoms with Gasteiger partial charge in [-0.25, -0.2) is 9.97 Å². The van der Waals surface area contributed by atoms with Crippen LogP contribution >= 0.6 is 11.6 Å². The van der Waals surface area contributed by atoms with Gasteiger partial charge in [-0.2, -0.15) is 0 Å². The fourth-order valence-electron chi connectivity index (χ4n) is 0.679. The summed E-state index contributed by atoms with van der Waals surface area (Å²) in [5, 5.41) is 0. The summed E-state index contributed by atoms with van der Waals surface area (Å²) in [4.78, 5) is 7.74. The van der Waals surface area contributed by atoms with Crippen LogP contribution in [0.15, 0.2) is 24.8 Å². The van der Waals surface area contributed by atoms with Crippen molar-refractivity contribution < 1.29 is 0 Å². The van der Waals surface area contributed by atoms with Crippen LogP contribution in [0.3, 0.4) is 0 Å². The Bertz CT molecular complexity index is 221. The summed E-state index contributed by atoms with van der Waals surface area (Å²) in [7, 11) is 0. The number of rotatable bonds is 3. The summed E-state index contributed by atoms with van der Waals surface area (Å²) in [6.07, 6.45) is 9.89. The standard InChI is InChI=1S/C8H9ClN2/c9-4-2-1-3-8-5-10-7-11-6-8/h1,3,5-7H,2,4H2/b3-1+. The Morgan fingerprint density at radius 3 is 2.73 bits per heavy atom. The van der Waals surface area contributed by atoms with E-state index in [0.717, 1.165) is 12.0 Å². The van der Waals surface area contributed by atoms with Gasteiger partial charge < -0.3 is 0 Å². The molecule has 0 fully saturated rings. The van der Waals surface area contributed by atoms with Crippen LogP contribution < -0.4 is 0 Å². The molecular formula is C8H9ClN2. The Kier molecular flexibility index (Phi) is 3.62. The van der Waals surface area contributed by atoms with E-state index < -0.39 is 0 Å². The molecule has 1 aromatic rings. The van der Waals surface area contributed by atoms with E-state index in [9.17, 15) is 0 Å². The SMILES string of the molecule is ClCC/C=C/c1cncnc1. The van der Waals surface area contributed by atoms with Gasteiger partial charge in [-0.3, -0.25) is 0 Å². The Morgan fingerprint density at radius 2 is 2.09 bits per heavy atom. The lowest BCUT2D eigenvalue weighted by molar-refractivity contribution is 1.16. The lowest BCUT2D eigenvalue weighted by Gasteiger charge is -1.88. The van der Waals surface area contributed by atoms with Gasteiger partial charge in [0.1, 0.15) is 6.33 Å². The Balaban J connectivity index is 2.50. The van der Waals surface area contributed by atoms with Gasteiger partial charge in [-0.05, 0) is 6.42 Å². The van der Waals surface area contributed by atoms with Crippen LogP contribution in [0, 0.1) is 0 Å². The molecule has 3 heteroatoms. The van der Waals surface area contributed by atoms with Gasteiger partial charge in [-0.15, -0.1) is 11.6 Å². The fourth-order valence-corrected chi connectivity index (χ4v) is 0.805. The van der Waals surface area contributed by atoms with E-state index in [2.05, 4.69) is 9.97 Å². The van der Waals surface area contributed by atoms with E-state index in [1.807, 2.05) is 12.2 Å². The second-order valence-electron chi connectivity index (χ2n) is 2.05. The molecule has 2 nitrogen and oxygen atoms in total. The molecule has 11 heavy (non-hydrogen) atoms. The molecule has 0 aliphatic heterocycles. The third-order valence-corrected chi connectivity index (χ3v) is 1.38. The largest absolute Gasteiger partial charge is 0.244 e. The number of halogens is 1. The third kappa shape index (κ3) is 3.14. The van der Waals surface area contributed by atoms with Crippen molar-refractivity contribution in [1.82, 2.24) is 9.97 Å². The van der Waals surface area contributed by atoms with E-state index >= 15 is 0 Å². The quantitative estimate of drug-likeness (QED) is 0.647. The van der Waals surface area contributed by atoms with Crippen molar-refractivity contribution in [2.75, 3.05) is 5.88 Å². The van der Waals surface area contributed by atoms with Crippen LogP contribution in [0.2, 0.25) is 0 Å². The highest BCUT2D eigenvalue weighted by molar-refractivity contribution is 6.17. The zero-order chi connectivity index (χ0) is 7.94. The third-order valence-electron chi connectivity index (χ3n) is 1.17. The van der Waals surface area contributed by atoms with E-state index in [4.69, 9.17) is 11.6 Å². The van der Waals surface area contributed by atoms with E-state index in [1.165, 1.54) is 6.33 Å². The molecule has 1 heterocycles. The van der Waals surface area contributed by atoms with Crippen molar-refractivity contribution in [3.05, 3.63) is 30.4 Å². The summed E-state index contributed by atoms with van der Waals surface area (Å²) < 4.78 is 0. The van der Waals surface area contributed by atoms with Gasteiger partial charge in [0.2, 0.25) is 0 Å². The topological polar surface area (TPSA) is 25.8 Å². The van der Waals surface area contributed by atoms with Crippen molar-refractivity contribution in [2.45, 2.75) is 6.42 Å². The van der Waals surface area contributed by atoms with Gasteiger partial charge in [0.15, 0.2) is 0 Å². The minimum Gasteiger partial charge on any atom is -0.244 e. The maximum Gasteiger partial charge on any atom is 0.115 e. The lowest BCUT2D eigenvalue weighted by Crippen LogP contribution is -1.77. The van der Waals surface area contributed by atoms with Gasteiger partial charge in [0.05, 0.1) is 0 Å². The predicted molar refractivity (Wildman–Crippen MR) is 46.4 cm³/mol. The first kappa shape index (κ1) is 8.21. The maximum atomic E-state index is 5.49. The van der Waals surface area contributed by atoms with Crippen molar-refractivity contribution >= 4 is 17.7 Å². The zero-order valence-electron chi connectivity index (χ0n) is 6.07. The molecule has 58 valence electrons. The molecule has 0 N–H and O–H groups in total. The number of allylic oxidation sites excluding steroid dienone is 1. The normalized spacial score (nSPS) is 10.6. The average Bonchev–Trinajstić information content (AvgIpc) is 2.07. The fraction of sp³-hybridized carbons (Fsp3) is 0.250. The number of nitrogens with zero attached hydrogens (tertiary/aromatic N) is 2. The van der Waals surface area contributed by atoms with Gasteiger partial charge >= 0.3 is 0 Å². The lowest BCUT2D eigenvalue weighted by atomic mass is 10.3. The van der Waals surface area contributed by atoms with Crippen molar-refractivity contribution in [2.24, 2.45) is 0 Å². The molecule has 0 spiro atoms. The smallest absolute Gasteiger partial charge is 0.115 e. The molecule has 0 aromatic carbocycles. The molecule has 0 saturated heterocycles. The monoisotopic (exact) mass is 168 g/mol. The Labute approximate surface area is 70.9 Å². The van der Waals surface area contributed by atoms with Crippen molar-refractivity contribution in [1.29, 1.82) is 0 Å². The minimum absolute atomic E-state index is 0.657. The van der Waals surface area contributed by atoms with Crippen LogP contribution in [-0.2, 0) is 0 Å². The molecule has 0 radical (unpaired) electrons. The van der Waals surface area contributed by atoms with Crippen molar-refractivity contribution in [3.63, 3.8) is 0 Å². The number of hydrogen-bond donors (Lipinski definition) is 0. The summed E-state index contributed by atoms with van der Waals surface area (Å²) in [5.41, 5.74) is 1.01. The molecule has 1 aromatic heterocycles. The average molecular weight is 169 g/mol. The second-order valence-corrected chi connectivity index (χ2v) is 2.43. The Morgan fingerprint density at radius 1 is 1.36 bits per heavy atom. The number of alkyl halides is 1. The number of hydrogen-bond acceptors (Lipinski definition) is 2. The first-order chi connectivity index (χ1) is 5.43. The van der Waals surface area contributed by atoms with Crippen molar-refractivity contribution in [3.8, 4) is 0 Å². The summed E-state index contributed by atoms with van der Waals surface area (Å²) in [6, 6.07) is 0. The first-order valence-corrected chi connectivity index (χ1v) is 3.94. The second kappa shape index (κ2) is 4.85. The highest BCUT2D eigenvalue weighted by Gasteiger charge is 1.82. The highest BCUT2D eigenvalue weighted by atomic mass is 35.5. The maximum absolute atomic E-state index is 5.49. The molecular weight excluding hydrogens is 160 g/mol. The zero-order valence-corrected chi connectivity index (χ0v) is 6.83. The molecule has 0 atom stereocenters. The minimum atomic E-state index is 0.657. The van der Waals surface area contributed by atoms with Crippen LogP contribution in [0.5, 0.6) is 0 Å². The summed E-state index contributed by atoms with van der Waals surface area (Å²) in [6.45, 7) is 0. The van der Waals surface area contributed by atoms with E-state index in [-0.39, 0.29) is 0 Å². The molecule has 0 bridgehead atoms. The molecule has 0 amide bonds. The molecule has 0 aliphatic carbocycles. The summed E-state index contributed by atoms with van der Waals surface area (Å²) in [5.74, 6) is 0.657. The van der Waals surface area contributed by atoms with Crippen LogP contribution in [0.4, 0.5) is 0 Å². The molecule has 0 aliphatic rings. The predicted octanol–water partition coefficient (Wildman–Crippen LogP) is 2.12. The Hall–Kier alpha value is -0.890. The molecule has 1 rings (SSSR count). The molecule has 0 saturated carbocycles. The van der Waals surface area contributed by atoms with Gasteiger partial charge in [-0.1, -0.05) is 12.2 Å². The number of aromatic nitrogens is 2. The van der Waals surface area contributed by atoms with Crippen LogP contribution in [0.1, 0.15) is 12.0 Å². The summed E-state index contributed by atoms with van der Waals surface area (Å²) >= 11 is 5.49. The highest BCUT2D eigenvalue weighted by Crippen LogP contribution is 1.97. The molecule has 0 unspecified atom stereocenters. The van der Waals surface area contributed by atoms with E-state index in [1.54, 1.807) is 12.4 Å². The van der Waals surface area contributed by atoms with Gasteiger partial charge in [0.25, 0.3) is 0 Å².